The molecule has 3 aromatic rings. The number of rotatable bonds is 6. The number of hydrogen-bond donors (Lipinski definition) is 0. The molecule has 0 radical (unpaired) electrons. The molecule has 0 aliphatic carbocycles. The van der Waals surface area contributed by atoms with Gasteiger partial charge in [0.1, 0.15) is 17.1 Å². The summed E-state index contributed by atoms with van der Waals surface area (Å²) in [6, 6.07) is 12.6. The molecular formula is C24H25FN4O4. The van der Waals surface area contributed by atoms with Gasteiger partial charge in [-0.3, -0.25) is 24.8 Å². The number of pyridine rings is 1. The highest BCUT2D eigenvalue weighted by molar-refractivity contribution is 5.92. The van der Waals surface area contributed by atoms with Crippen LogP contribution in [0.4, 0.5) is 10.1 Å². The minimum atomic E-state index is -0.465. The molecule has 1 aliphatic rings. The fourth-order valence-corrected chi connectivity index (χ4v) is 4.22. The number of ether oxygens (including phenoxy) is 1. The molecule has 9 heteroatoms. The van der Waals surface area contributed by atoms with E-state index in [1.807, 2.05) is 6.92 Å². The molecule has 0 unspecified atom stereocenters. The van der Waals surface area contributed by atoms with Crippen LogP contribution in [0.2, 0.25) is 0 Å². The summed E-state index contributed by atoms with van der Waals surface area (Å²) in [5.74, 6) is -0.0787. The standard InChI is InChI=1S/C24H25FN4O4/c1-16-13-28(17(2)12-27(16)14-18-5-7-19(25)8-6-18)23(30)15-33-22-10-9-21(29(31)32)20-4-3-11-26-24(20)22/h3-11,16-17H,12-15H2,1-2H3/t16-,17+/m0/s1. The van der Waals surface area contributed by atoms with Gasteiger partial charge in [-0.05, 0) is 49.7 Å². The lowest BCUT2D eigenvalue weighted by Gasteiger charge is -2.44. The maximum atomic E-state index is 13.2. The summed E-state index contributed by atoms with van der Waals surface area (Å²) in [5, 5.41) is 11.6. The lowest BCUT2D eigenvalue weighted by Crippen LogP contribution is -2.58. The number of halogens is 1. The van der Waals surface area contributed by atoms with E-state index < -0.39 is 4.92 Å². The summed E-state index contributed by atoms with van der Waals surface area (Å²) in [6.45, 7) is 5.79. The van der Waals surface area contributed by atoms with Gasteiger partial charge < -0.3 is 9.64 Å². The van der Waals surface area contributed by atoms with E-state index in [-0.39, 0.29) is 36.1 Å². The minimum Gasteiger partial charge on any atom is -0.481 e. The van der Waals surface area contributed by atoms with Gasteiger partial charge in [0.25, 0.3) is 11.6 Å². The second-order valence-electron chi connectivity index (χ2n) is 8.33. The number of benzene rings is 2. The number of aromatic nitrogens is 1. The molecule has 4 rings (SSSR count). The Bertz CT molecular complexity index is 1170. The van der Waals surface area contributed by atoms with Gasteiger partial charge in [-0.1, -0.05) is 12.1 Å². The van der Waals surface area contributed by atoms with E-state index in [0.717, 1.165) is 5.56 Å². The average Bonchev–Trinajstić information content (AvgIpc) is 2.80. The van der Waals surface area contributed by atoms with Crippen LogP contribution in [-0.4, -0.2) is 57.4 Å². The molecule has 1 aromatic heterocycles. The molecule has 2 heterocycles. The number of hydrogen-bond acceptors (Lipinski definition) is 6. The second kappa shape index (κ2) is 9.50. The molecule has 0 N–H and O–H groups in total. The third-order valence-corrected chi connectivity index (χ3v) is 5.99. The average molecular weight is 452 g/mol. The number of carbonyl (C=O) groups excluding carboxylic acids is 1. The molecule has 8 nitrogen and oxygen atoms in total. The fraction of sp³-hybridized carbons (Fsp3) is 0.333. The number of amides is 1. The smallest absolute Gasteiger partial charge is 0.279 e. The molecule has 1 aliphatic heterocycles. The van der Waals surface area contributed by atoms with Crippen LogP contribution in [0.25, 0.3) is 10.9 Å². The summed E-state index contributed by atoms with van der Waals surface area (Å²) in [5.41, 5.74) is 1.32. The predicted octanol–water partition coefficient (Wildman–Crippen LogP) is 3.78. The molecule has 2 atom stereocenters. The van der Waals surface area contributed by atoms with Crippen LogP contribution in [0.1, 0.15) is 19.4 Å². The van der Waals surface area contributed by atoms with Gasteiger partial charge in [-0.15, -0.1) is 0 Å². The quantitative estimate of drug-likeness (QED) is 0.418. The van der Waals surface area contributed by atoms with Crippen molar-refractivity contribution in [1.29, 1.82) is 0 Å². The van der Waals surface area contributed by atoms with Crippen LogP contribution in [0, 0.1) is 15.9 Å². The van der Waals surface area contributed by atoms with E-state index in [4.69, 9.17) is 4.74 Å². The zero-order chi connectivity index (χ0) is 23.5. The summed E-state index contributed by atoms with van der Waals surface area (Å²) < 4.78 is 18.9. The Morgan fingerprint density at radius 3 is 2.64 bits per heavy atom. The molecule has 1 saturated heterocycles. The Labute approximate surface area is 190 Å². The first-order chi connectivity index (χ1) is 15.8. The maximum absolute atomic E-state index is 13.2. The van der Waals surface area contributed by atoms with Gasteiger partial charge in [0.2, 0.25) is 0 Å². The van der Waals surface area contributed by atoms with Crippen molar-refractivity contribution in [2.45, 2.75) is 32.5 Å². The molecule has 2 aromatic carbocycles. The maximum Gasteiger partial charge on any atom is 0.279 e. The highest BCUT2D eigenvalue weighted by Crippen LogP contribution is 2.31. The summed E-state index contributed by atoms with van der Waals surface area (Å²) in [6.07, 6.45) is 1.53. The number of piperazine rings is 1. The van der Waals surface area contributed by atoms with Crippen LogP contribution >= 0.6 is 0 Å². The molecule has 1 fully saturated rings. The minimum absolute atomic E-state index is 0.0236. The van der Waals surface area contributed by atoms with Crippen LogP contribution in [-0.2, 0) is 11.3 Å². The number of nitro groups is 1. The molecule has 0 saturated carbocycles. The zero-order valence-electron chi connectivity index (χ0n) is 18.5. The molecule has 0 spiro atoms. The Hall–Kier alpha value is -3.59. The lowest BCUT2D eigenvalue weighted by atomic mass is 10.1. The zero-order valence-corrected chi connectivity index (χ0v) is 18.5. The topological polar surface area (TPSA) is 88.8 Å². The van der Waals surface area contributed by atoms with Crippen molar-refractivity contribution in [3.05, 3.63) is 76.2 Å². The van der Waals surface area contributed by atoms with E-state index >= 15 is 0 Å². The predicted molar refractivity (Wildman–Crippen MR) is 121 cm³/mol. The summed E-state index contributed by atoms with van der Waals surface area (Å²) >= 11 is 0. The monoisotopic (exact) mass is 452 g/mol. The third-order valence-electron chi connectivity index (χ3n) is 5.99. The SMILES string of the molecule is C[C@@H]1CN(Cc2ccc(F)cc2)[C@@H](C)CN1C(=O)COc1ccc([N+](=O)[O-])c2cccnc12. The van der Waals surface area contributed by atoms with Crippen LogP contribution in [0.3, 0.4) is 0 Å². The fourth-order valence-electron chi connectivity index (χ4n) is 4.22. The Kier molecular flexibility index (Phi) is 6.50. The van der Waals surface area contributed by atoms with Crippen molar-refractivity contribution in [3.63, 3.8) is 0 Å². The third kappa shape index (κ3) is 4.93. The Morgan fingerprint density at radius 2 is 1.91 bits per heavy atom. The van der Waals surface area contributed by atoms with Gasteiger partial charge in [0.15, 0.2) is 6.61 Å². The first-order valence-corrected chi connectivity index (χ1v) is 10.8. The number of carbonyl (C=O) groups is 1. The normalized spacial score (nSPS) is 18.9. The van der Waals surface area contributed by atoms with Crippen molar-refractivity contribution < 1.29 is 18.8 Å². The van der Waals surface area contributed by atoms with E-state index in [2.05, 4.69) is 16.8 Å². The number of fused-ring (bicyclic) bond motifs is 1. The summed E-state index contributed by atoms with van der Waals surface area (Å²) in [7, 11) is 0. The molecule has 172 valence electrons. The van der Waals surface area contributed by atoms with Gasteiger partial charge >= 0.3 is 0 Å². The summed E-state index contributed by atoms with van der Waals surface area (Å²) in [4.78, 5) is 32.1. The first kappa shape index (κ1) is 22.6. The van der Waals surface area contributed by atoms with Crippen molar-refractivity contribution in [2.24, 2.45) is 0 Å². The second-order valence-corrected chi connectivity index (χ2v) is 8.33. The van der Waals surface area contributed by atoms with E-state index in [9.17, 15) is 19.3 Å². The van der Waals surface area contributed by atoms with E-state index in [0.29, 0.717) is 36.3 Å². The van der Waals surface area contributed by atoms with Crippen molar-refractivity contribution in [3.8, 4) is 5.75 Å². The van der Waals surface area contributed by atoms with E-state index in [1.54, 1.807) is 29.2 Å². The van der Waals surface area contributed by atoms with Crippen molar-refractivity contribution in [1.82, 2.24) is 14.8 Å². The highest BCUT2D eigenvalue weighted by Gasteiger charge is 2.32. The molecule has 1 amide bonds. The highest BCUT2D eigenvalue weighted by atomic mass is 19.1. The van der Waals surface area contributed by atoms with Crippen molar-refractivity contribution >= 4 is 22.5 Å². The largest absolute Gasteiger partial charge is 0.481 e. The Balaban J connectivity index is 1.41. The van der Waals surface area contributed by atoms with Gasteiger partial charge in [-0.2, -0.15) is 0 Å². The van der Waals surface area contributed by atoms with Gasteiger partial charge in [0.05, 0.1) is 10.3 Å². The Morgan fingerprint density at radius 1 is 1.15 bits per heavy atom. The van der Waals surface area contributed by atoms with Crippen molar-refractivity contribution in [2.75, 3.05) is 19.7 Å². The molecule has 0 bridgehead atoms. The van der Waals surface area contributed by atoms with E-state index in [1.165, 1.54) is 30.5 Å². The van der Waals surface area contributed by atoms with Gasteiger partial charge in [0, 0.05) is 44.0 Å². The van der Waals surface area contributed by atoms with Gasteiger partial charge in [-0.25, -0.2) is 4.39 Å². The number of non-ortho nitro benzene ring substituents is 1. The van der Waals surface area contributed by atoms with Crippen LogP contribution in [0.15, 0.2) is 54.7 Å². The molecule has 33 heavy (non-hydrogen) atoms. The van der Waals surface area contributed by atoms with Crippen LogP contribution in [0.5, 0.6) is 5.75 Å². The number of nitrogens with zero attached hydrogens (tertiary/aromatic N) is 4. The lowest BCUT2D eigenvalue weighted by molar-refractivity contribution is -0.383. The first-order valence-electron chi connectivity index (χ1n) is 10.8. The molecular weight excluding hydrogens is 427 g/mol. The van der Waals surface area contributed by atoms with Crippen LogP contribution < -0.4 is 4.74 Å². The number of nitro benzene ring substituents is 1.